The lowest BCUT2D eigenvalue weighted by Crippen LogP contribution is -2.63. The molecule has 4 aliphatic heterocycles. The molecule has 8 nitrogen and oxygen atoms in total. The number of carbonyl (C=O) groups is 2. The van der Waals surface area contributed by atoms with Crippen LogP contribution >= 0.6 is 0 Å². The summed E-state index contributed by atoms with van der Waals surface area (Å²) in [5.41, 5.74) is 3.86. The van der Waals surface area contributed by atoms with E-state index in [1.807, 2.05) is 24.3 Å². The van der Waals surface area contributed by atoms with Crippen molar-refractivity contribution >= 4 is 17.8 Å². The minimum absolute atomic E-state index is 0.0638. The zero-order valence-electron chi connectivity index (χ0n) is 23.9. The number of ether oxygens (including phenoxy) is 2. The Balaban J connectivity index is 1.43. The van der Waals surface area contributed by atoms with E-state index in [9.17, 15) is 9.59 Å². The van der Waals surface area contributed by atoms with Crippen LogP contribution in [0.2, 0.25) is 0 Å². The van der Waals surface area contributed by atoms with Crippen LogP contribution in [0.4, 0.5) is 0 Å². The number of guanidine groups is 1. The van der Waals surface area contributed by atoms with Crippen LogP contribution in [-0.4, -0.2) is 47.0 Å². The molecule has 40 heavy (non-hydrogen) atoms. The number of methoxy groups -OCH3 is 1. The number of fused-ring (bicyclic) bond motifs is 6. The SMILES string of the molecule is CC[C@]12CCCCc3ccc4c(c3)[C@H](CC(C)(C)O4)NC(=O)c3ccc4c(c3)[C@@H]([C@@H](OC)C4)N(C(=N)N1)C(=O)C2. The summed E-state index contributed by atoms with van der Waals surface area (Å²) >= 11 is 0. The topological polar surface area (TPSA) is 104 Å². The monoisotopic (exact) mass is 544 g/mol. The van der Waals surface area contributed by atoms with E-state index in [1.54, 1.807) is 12.0 Å². The Morgan fingerprint density at radius 2 is 1.95 bits per heavy atom. The van der Waals surface area contributed by atoms with Crippen molar-refractivity contribution in [3.63, 3.8) is 0 Å². The van der Waals surface area contributed by atoms with Gasteiger partial charge in [-0.25, -0.2) is 0 Å². The van der Waals surface area contributed by atoms with E-state index in [1.165, 1.54) is 5.56 Å². The summed E-state index contributed by atoms with van der Waals surface area (Å²) in [5.74, 6) is 0.725. The zero-order valence-corrected chi connectivity index (χ0v) is 23.9. The van der Waals surface area contributed by atoms with Gasteiger partial charge in [-0.15, -0.1) is 0 Å². The van der Waals surface area contributed by atoms with E-state index in [0.29, 0.717) is 24.8 Å². The lowest BCUT2D eigenvalue weighted by molar-refractivity contribution is -0.135. The number of rotatable bonds is 2. The maximum atomic E-state index is 13.8. The Morgan fingerprint density at radius 1 is 1.12 bits per heavy atom. The summed E-state index contributed by atoms with van der Waals surface area (Å²) < 4.78 is 12.2. The highest BCUT2D eigenvalue weighted by Crippen LogP contribution is 2.43. The summed E-state index contributed by atoms with van der Waals surface area (Å²) in [4.78, 5) is 29.0. The summed E-state index contributed by atoms with van der Waals surface area (Å²) in [5, 5.41) is 15.7. The Morgan fingerprint density at radius 3 is 2.70 bits per heavy atom. The molecule has 1 saturated heterocycles. The van der Waals surface area contributed by atoms with Gasteiger partial charge in [-0.2, -0.15) is 0 Å². The molecule has 0 saturated carbocycles. The Kier molecular flexibility index (Phi) is 6.64. The highest BCUT2D eigenvalue weighted by Gasteiger charge is 2.47. The van der Waals surface area contributed by atoms with E-state index in [-0.39, 0.29) is 29.9 Å². The van der Waals surface area contributed by atoms with Crippen molar-refractivity contribution in [2.45, 2.75) is 101 Å². The maximum Gasteiger partial charge on any atom is 0.251 e. The average Bonchev–Trinajstić information content (AvgIpc) is 3.27. The zero-order chi connectivity index (χ0) is 28.2. The molecule has 212 valence electrons. The number of hydrogen-bond acceptors (Lipinski definition) is 5. The van der Waals surface area contributed by atoms with Gasteiger partial charge in [0.05, 0.1) is 24.6 Å². The van der Waals surface area contributed by atoms with E-state index in [4.69, 9.17) is 14.9 Å². The molecule has 0 aromatic heterocycles. The summed E-state index contributed by atoms with van der Waals surface area (Å²) in [7, 11) is 1.65. The predicted molar refractivity (Wildman–Crippen MR) is 153 cm³/mol. The molecule has 1 aliphatic carbocycles. The third kappa shape index (κ3) is 4.66. The van der Waals surface area contributed by atoms with E-state index >= 15 is 0 Å². The Labute approximate surface area is 236 Å². The molecule has 3 N–H and O–H groups in total. The maximum absolute atomic E-state index is 13.8. The summed E-state index contributed by atoms with van der Waals surface area (Å²) in [6, 6.07) is 11.4. The molecule has 6 bridgehead atoms. The fourth-order valence-electron chi connectivity index (χ4n) is 7.16. The number of amides is 2. The molecule has 0 radical (unpaired) electrons. The first-order chi connectivity index (χ1) is 19.1. The van der Waals surface area contributed by atoms with Crippen molar-refractivity contribution < 1.29 is 19.1 Å². The Hall–Kier alpha value is -3.39. The van der Waals surface area contributed by atoms with Crippen LogP contribution in [0.25, 0.3) is 0 Å². The van der Waals surface area contributed by atoms with E-state index in [2.05, 4.69) is 43.5 Å². The van der Waals surface area contributed by atoms with Gasteiger partial charge in [-0.3, -0.25) is 19.9 Å². The fourth-order valence-corrected chi connectivity index (χ4v) is 7.16. The standard InChI is InChI=1S/C32H40N4O4/c1-5-32-13-7-6-8-19-9-12-25-23(14-19)24(17-31(2,3)40-25)34-29(38)21-11-10-20-16-26(39-4)28(22(20)15-21)36(27(37)18-32)30(33)35-32/h9-12,14-15,24,26,28H,5-8,13,16-18H2,1-4H3,(H2,33,35)(H,34,38)/t24-,26-,28-,32+/m0/s1. The van der Waals surface area contributed by atoms with Gasteiger partial charge < -0.3 is 20.1 Å². The van der Waals surface area contributed by atoms with Crippen LogP contribution in [0.15, 0.2) is 36.4 Å². The van der Waals surface area contributed by atoms with Gasteiger partial charge in [0.15, 0.2) is 5.96 Å². The van der Waals surface area contributed by atoms with Crippen LogP contribution in [0.5, 0.6) is 5.75 Å². The van der Waals surface area contributed by atoms with Gasteiger partial charge in [-0.05, 0) is 74.4 Å². The van der Waals surface area contributed by atoms with Crippen molar-refractivity contribution in [3.05, 3.63) is 64.2 Å². The Bertz CT molecular complexity index is 1350. The van der Waals surface area contributed by atoms with Gasteiger partial charge >= 0.3 is 0 Å². The quantitative estimate of drug-likeness (QED) is 0.496. The van der Waals surface area contributed by atoms with Crippen molar-refractivity contribution in [2.24, 2.45) is 0 Å². The molecular weight excluding hydrogens is 504 g/mol. The largest absolute Gasteiger partial charge is 0.487 e. The minimum Gasteiger partial charge on any atom is -0.487 e. The second-order valence-electron chi connectivity index (χ2n) is 12.6. The van der Waals surface area contributed by atoms with Crippen LogP contribution < -0.4 is 15.4 Å². The number of hydrogen-bond donors (Lipinski definition) is 3. The van der Waals surface area contributed by atoms with Gasteiger partial charge in [0.25, 0.3) is 5.91 Å². The van der Waals surface area contributed by atoms with Gasteiger partial charge in [0.1, 0.15) is 11.4 Å². The molecule has 2 aromatic rings. The molecule has 0 spiro atoms. The highest BCUT2D eigenvalue weighted by molar-refractivity contribution is 6.00. The van der Waals surface area contributed by atoms with Crippen LogP contribution in [-0.2, 0) is 22.4 Å². The lowest BCUT2D eigenvalue weighted by Gasteiger charge is -2.45. The number of aryl methyl sites for hydroxylation is 1. The lowest BCUT2D eigenvalue weighted by atomic mass is 9.83. The third-order valence-corrected chi connectivity index (χ3v) is 9.35. The van der Waals surface area contributed by atoms with E-state index in [0.717, 1.165) is 54.5 Å². The number of nitrogens with zero attached hydrogens (tertiary/aromatic N) is 1. The normalized spacial score (nSPS) is 29.2. The fraction of sp³-hybridized carbons (Fsp3) is 0.531. The summed E-state index contributed by atoms with van der Waals surface area (Å²) in [6.07, 6.45) is 5.74. The minimum atomic E-state index is -0.459. The van der Waals surface area contributed by atoms with Crippen LogP contribution in [0, 0.1) is 5.41 Å². The molecule has 7 rings (SSSR count). The molecule has 5 aliphatic rings. The van der Waals surface area contributed by atoms with Gasteiger partial charge in [0.2, 0.25) is 5.91 Å². The molecule has 2 aromatic carbocycles. The van der Waals surface area contributed by atoms with Crippen LogP contribution in [0.3, 0.4) is 0 Å². The number of benzene rings is 2. The highest BCUT2D eigenvalue weighted by atomic mass is 16.5. The third-order valence-electron chi connectivity index (χ3n) is 9.35. The van der Waals surface area contributed by atoms with Gasteiger partial charge in [-0.1, -0.05) is 31.5 Å². The van der Waals surface area contributed by atoms with Crippen LogP contribution in [0.1, 0.15) is 104 Å². The van der Waals surface area contributed by atoms with Crippen molar-refractivity contribution in [1.29, 1.82) is 5.41 Å². The van der Waals surface area contributed by atoms with E-state index < -0.39 is 17.2 Å². The number of nitrogens with one attached hydrogen (secondary N) is 3. The molecule has 4 heterocycles. The second kappa shape index (κ2) is 9.91. The van der Waals surface area contributed by atoms with Crippen molar-refractivity contribution in [2.75, 3.05) is 7.11 Å². The average molecular weight is 545 g/mol. The summed E-state index contributed by atoms with van der Waals surface area (Å²) in [6.45, 7) is 6.20. The molecule has 2 amide bonds. The molecule has 1 fully saturated rings. The van der Waals surface area contributed by atoms with Crippen molar-refractivity contribution in [3.8, 4) is 5.75 Å². The second-order valence-corrected chi connectivity index (χ2v) is 12.6. The smallest absolute Gasteiger partial charge is 0.251 e. The van der Waals surface area contributed by atoms with Crippen molar-refractivity contribution in [1.82, 2.24) is 15.5 Å². The van der Waals surface area contributed by atoms with Gasteiger partial charge in [0, 0.05) is 36.6 Å². The number of carbonyl (C=O) groups excluding carboxylic acids is 2. The first-order valence-corrected chi connectivity index (χ1v) is 14.6. The first-order valence-electron chi connectivity index (χ1n) is 14.6. The molecular formula is C32H40N4O4. The molecule has 0 unspecified atom stereocenters. The molecule has 8 heteroatoms. The first kappa shape index (κ1) is 26.8. The predicted octanol–water partition coefficient (Wildman–Crippen LogP) is 4.96. The molecule has 4 atom stereocenters.